The maximum absolute atomic E-state index is 12.0. The van der Waals surface area contributed by atoms with Crippen molar-refractivity contribution in [3.63, 3.8) is 0 Å². The summed E-state index contributed by atoms with van der Waals surface area (Å²) < 4.78 is 0. The van der Waals surface area contributed by atoms with E-state index in [4.69, 9.17) is 0 Å². The van der Waals surface area contributed by atoms with Crippen LogP contribution < -0.4 is 10.6 Å². The fourth-order valence-corrected chi connectivity index (χ4v) is 3.09. The predicted octanol–water partition coefficient (Wildman–Crippen LogP) is 2.54. The molecule has 0 aliphatic heterocycles. The van der Waals surface area contributed by atoms with Crippen molar-refractivity contribution in [1.82, 2.24) is 10.6 Å². The van der Waals surface area contributed by atoms with Crippen molar-refractivity contribution in [3.05, 3.63) is 0 Å². The molecule has 0 fully saturated rings. The molecule has 1 atom stereocenters. The van der Waals surface area contributed by atoms with Gasteiger partial charge < -0.3 is 10.6 Å². The molecule has 2 N–H and O–H groups in total. The van der Waals surface area contributed by atoms with Gasteiger partial charge >= 0.3 is 0 Å². The van der Waals surface area contributed by atoms with Crippen LogP contribution in [0.4, 0.5) is 0 Å². The maximum Gasteiger partial charge on any atom is 0.243 e. The van der Waals surface area contributed by atoms with Gasteiger partial charge in [0.25, 0.3) is 0 Å². The third kappa shape index (κ3) is 12.5. The molecule has 0 spiro atoms. The topological polar surface area (TPSA) is 58.2 Å². The second-order valence-corrected chi connectivity index (χ2v) is 7.06. The molecule has 130 valence electrons. The molecule has 0 rings (SSSR count). The van der Waals surface area contributed by atoms with Crippen molar-refractivity contribution >= 4 is 48.8 Å². The largest absolute Gasteiger partial charge is 0.354 e. The highest BCUT2D eigenvalue weighted by Gasteiger charge is 2.18. The average Bonchev–Trinajstić information content (AvgIpc) is 2.51. The predicted molar refractivity (Wildman–Crippen MR) is 103 cm³/mol. The number of nitrogens with one attached hydrogen (secondary N) is 2. The summed E-state index contributed by atoms with van der Waals surface area (Å²) in [6.07, 6.45) is 7.14. The van der Waals surface area contributed by atoms with Crippen LogP contribution in [-0.2, 0) is 9.59 Å². The molecule has 7 heteroatoms. The Morgan fingerprint density at radius 2 is 1.77 bits per heavy atom. The number of rotatable bonds is 14. The molecular weight excluding hydrogens is 336 g/mol. The Morgan fingerprint density at radius 1 is 1.09 bits per heavy atom. The number of hydrogen-bond donors (Lipinski definition) is 4. The number of carbonyl (C=O) groups is 2. The van der Waals surface area contributed by atoms with Gasteiger partial charge in [-0.2, -0.15) is 37.0 Å². The van der Waals surface area contributed by atoms with E-state index in [0.717, 1.165) is 24.3 Å². The van der Waals surface area contributed by atoms with E-state index in [1.54, 1.807) is 0 Å². The monoisotopic (exact) mass is 366 g/mol. The van der Waals surface area contributed by atoms with Crippen LogP contribution in [0.25, 0.3) is 0 Å². The summed E-state index contributed by atoms with van der Waals surface area (Å²) in [6.45, 7) is 2.86. The van der Waals surface area contributed by atoms with Crippen molar-refractivity contribution in [1.29, 1.82) is 0 Å². The highest BCUT2D eigenvalue weighted by atomic mass is 32.2. The third-order valence-electron chi connectivity index (χ3n) is 3.13. The zero-order valence-electron chi connectivity index (χ0n) is 13.5. The molecule has 0 aromatic heterocycles. The average molecular weight is 367 g/mol. The molecule has 0 aliphatic carbocycles. The fourth-order valence-electron chi connectivity index (χ4n) is 1.90. The van der Waals surface area contributed by atoms with Crippen LogP contribution in [0.1, 0.15) is 45.4 Å². The minimum absolute atomic E-state index is 0.124. The molecule has 0 aromatic rings. The minimum Gasteiger partial charge on any atom is -0.354 e. The van der Waals surface area contributed by atoms with E-state index < -0.39 is 6.04 Å². The van der Waals surface area contributed by atoms with Crippen LogP contribution in [-0.4, -0.2) is 47.4 Å². The molecule has 0 aromatic carbocycles. The van der Waals surface area contributed by atoms with E-state index in [2.05, 4.69) is 42.8 Å². The molecule has 1 unspecified atom stereocenters. The lowest BCUT2D eigenvalue weighted by Crippen LogP contribution is -2.48. The Labute approximate surface area is 150 Å². The van der Waals surface area contributed by atoms with Gasteiger partial charge in [-0.25, -0.2) is 0 Å². The highest BCUT2D eigenvalue weighted by molar-refractivity contribution is 8.00. The highest BCUT2D eigenvalue weighted by Crippen LogP contribution is 2.04. The molecular formula is C15H30N2O2S3. The van der Waals surface area contributed by atoms with Gasteiger partial charge in [-0.15, -0.1) is 0 Å². The van der Waals surface area contributed by atoms with Crippen molar-refractivity contribution in [3.8, 4) is 0 Å². The standard InChI is InChI=1S/C15H30N2O2S3/c1-2-3-4-5-6-7-8-16-15(19)13(11-21)17-14(18)12-22-10-9-20/h13,20-21H,2-12H2,1H3,(H,16,19)(H,17,18). The summed E-state index contributed by atoms with van der Waals surface area (Å²) in [6, 6.07) is -0.549. The Kier molecular flexibility index (Phi) is 15.9. The first kappa shape index (κ1) is 22.0. The summed E-state index contributed by atoms with van der Waals surface area (Å²) in [5, 5.41) is 5.60. The van der Waals surface area contributed by atoms with Gasteiger partial charge in [-0.1, -0.05) is 39.0 Å². The van der Waals surface area contributed by atoms with Gasteiger partial charge in [-0.3, -0.25) is 9.59 Å². The molecule has 0 aliphatic rings. The Hall–Kier alpha value is -0.0100. The van der Waals surface area contributed by atoms with Crippen molar-refractivity contribution in [2.24, 2.45) is 0 Å². The van der Waals surface area contributed by atoms with E-state index >= 15 is 0 Å². The van der Waals surface area contributed by atoms with Crippen molar-refractivity contribution in [2.75, 3.05) is 29.6 Å². The lowest BCUT2D eigenvalue weighted by Gasteiger charge is -2.16. The van der Waals surface area contributed by atoms with Crippen LogP contribution in [0.5, 0.6) is 0 Å². The zero-order chi connectivity index (χ0) is 16.6. The number of thioether (sulfide) groups is 1. The summed E-state index contributed by atoms with van der Waals surface area (Å²) in [5.74, 6) is 1.97. The van der Waals surface area contributed by atoms with E-state index in [1.807, 2.05) is 0 Å². The molecule has 2 amide bonds. The Balaban J connectivity index is 3.78. The molecule has 22 heavy (non-hydrogen) atoms. The van der Waals surface area contributed by atoms with Crippen molar-refractivity contribution < 1.29 is 9.59 Å². The second-order valence-electron chi connectivity index (χ2n) is 5.14. The lowest BCUT2D eigenvalue weighted by molar-refractivity contribution is -0.127. The molecule has 0 heterocycles. The van der Waals surface area contributed by atoms with Gasteiger partial charge in [0.2, 0.25) is 11.8 Å². The SMILES string of the molecule is CCCCCCCCNC(=O)C(CS)NC(=O)CSCCS. The number of thiol groups is 2. The summed E-state index contributed by atoms with van der Waals surface area (Å²) in [7, 11) is 0. The summed E-state index contributed by atoms with van der Waals surface area (Å²) >= 11 is 9.75. The number of carbonyl (C=O) groups excluding carboxylic acids is 2. The fraction of sp³-hybridized carbons (Fsp3) is 0.867. The number of amides is 2. The van der Waals surface area contributed by atoms with Crippen LogP contribution in [0.2, 0.25) is 0 Å². The zero-order valence-corrected chi connectivity index (χ0v) is 16.1. The van der Waals surface area contributed by atoms with Crippen LogP contribution in [0.15, 0.2) is 0 Å². The van der Waals surface area contributed by atoms with Crippen LogP contribution in [0.3, 0.4) is 0 Å². The minimum atomic E-state index is -0.549. The lowest BCUT2D eigenvalue weighted by atomic mass is 10.1. The van der Waals surface area contributed by atoms with Gasteiger partial charge in [0.05, 0.1) is 5.75 Å². The van der Waals surface area contributed by atoms with E-state index in [1.165, 1.54) is 37.4 Å². The second kappa shape index (κ2) is 15.9. The normalized spacial score (nSPS) is 12.0. The van der Waals surface area contributed by atoms with Gasteiger partial charge in [0.15, 0.2) is 0 Å². The first-order valence-electron chi connectivity index (χ1n) is 8.02. The first-order chi connectivity index (χ1) is 10.7. The van der Waals surface area contributed by atoms with Crippen LogP contribution in [0, 0.1) is 0 Å². The number of hydrogen-bond acceptors (Lipinski definition) is 5. The Bertz CT molecular complexity index is 305. The van der Waals surface area contributed by atoms with Crippen LogP contribution >= 0.6 is 37.0 Å². The maximum atomic E-state index is 12.0. The van der Waals surface area contributed by atoms with E-state index in [-0.39, 0.29) is 11.8 Å². The number of unbranched alkanes of at least 4 members (excludes halogenated alkanes) is 5. The Morgan fingerprint density at radius 3 is 2.41 bits per heavy atom. The molecule has 4 nitrogen and oxygen atoms in total. The summed E-state index contributed by atoms with van der Waals surface area (Å²) in [4.78, 5) is 23.7. The van der Waals surface area contributed by atoms with Gasteiger partial charge in [0.1, 0.15) is 6.04 Å². The molecule has 0 saturated carbocycles. The van der Waals surface area contributed by atoms with Gasteiger partial charge in [-0.05, 0) is 12.2 Å². The summed E-state index contributed by atoms with van der Waals surface area (Å²) in [5.41, 5.74) is 0. The van der Waals surface area contributed by atoms with Gasteiger partial charge in [0, 0.05) is 18.1 Å². The molecule has 0 saturated heterocycles. The smallest absolute Gasteiger partial charge is 0.243 e. The first-order valence-corrected chi connectivity index (χ1v) is 10.4. The van der Waals surface area contributed by atoms with E-state index in [0.29, 0.717) is 18.1 Å². The van der Waals surface area contributed by atoms with E-state index in [9.17, 15) is 9.59 Å². The van der Waals surface area contributed by atoms with Crippen molar-refractivity contribution in [2.45, 2.75) is 51.5 Å². The molecule has 0 bridgehead atoms. The quantitative estimate of drug-likeness (QED) is 0.282. The third-order valence-corrected chi connectivity index (χ3v) is 4.98. The molecule has 0 radical (unpaired) electrons.